The maximum absolute atomic E-state index is 11.7. The Morgan fingerprint density at radius 1 is 0.939 bits per heavy atom. The molecule has 172 valence electrons. The minimum absolute atomic E-state index is 0.0342. The average molecular weight is 469 g/mol. The van der Waals surface area contributed by atoms with Crippen LogP contribution in [0.4, 0.5) is 5.69 Å². The van der Waals surface area contributed by atoms with E-state index < -0.39 is 18.0 Å². The highest BCUT2D eigenvalue weighted by Gasteiger charge is 2.16. The van der Waals surface area contributed by atoms with Crippen LogP contribution >= 0.6 is 11.6 Å². The Labute approximate surface area is 196 Å². The molecule has 0 amide bonds. The highest BCUT2D eigenvalue weighted by Crippen LogP contribution is 2.27. The smallest absolute Gasteiger partial charge is 0.336 e. The SMILES string of the molecule is C[C@H](CNc1cccc(-c2ccc(C(=O)O)cc2C(=O)O)c1)NC[C@H](O)c1cccc(Cl)c1. The van der Waals surface area contributed by atoms with Gasteiger partial charge in [-0.1, -0.05) is 41.9 Å². The van der Waals surface area contributed by atoms with E-state index in [4.69, 9.17) is 16.7 Å². The van der Waals surface area contributed by atoms with Gasteiger partial charge in [-0.05, 0) is 60.0 Å². The van der Waals surface area contributed by atoms with Gasteiger partial charge in [0.25, 0.3) is 0 Å². The first-order valence-electron chi connectivity index (χ1n) is 10.4. The summed E-state index contributed by atoms with van der Waals surface area (Å²) < 4.78 is 0. The summed E-state index contributed by atoms with van der Waals surface area (Å²) in [6, 6.07) is 18.5. The van der Waals surface area contributed by atoms with Gasteiger partial charge in [-0.15, -0.1) is 0 Å². The van der Waals surface area contributed by atoms with Gasteiger partial charge < -0.3 is 26.0 Å². The summed E-state index contributed by atoms with van der Waals surface area (Å²) in [5, 5.41) is 36.2. The number of rotatable bonds is 10. The molecule has 0 spiro atoms. The molecular formula is C25H25ClN2O5. The van der Waals surface area contributed by atoms with Gasteiger partial charge in [-0.25, -0.2) is 9.59 Å². The Bertz CT molecular complexity index is 1150. The second kappa shape index (κ2) is 11.0. The molecule has 2 atom stereocenters. The second-order valence-corrected chi connectivity index (χ2v) is 8.15. The fraction of sp³-hybridized carbons (Fsp3) is 0.200. The zero-order valence-electron chi connectivity index (χ0n) is 18.0. The monoisotopic (exact) mass is 468 g/mol. The molecule has 3 aromatic carbocycles. The lowest BCUT2D eigenvalue weighted by Crippen LogP contribution is -2.35. The van der Waals surface area contributed by atoms with Crippen LogP contribution in [0.1, 0.15) is 39.3 Å². The lowest BCUT2D eigenvalue weighted by molar-refractivity contribution is 0.0696. The van der Waals surface area contributed by atoms with E-state index in [1.165, 1.54) is 12.1 Å². The Morgan fingerprint density at radius 2 is 1.70 bits per heavy atom. The molecule has 0 aliphatic heterocycles. The van der Waals surface area contributed by atoms with E-state index in [1.807, 2.05) is 25.1 Å². The van der Waals surface area contributed by atoms with Gasteiger partial charge in [0, 0.05) is 29.8 Å². The van der Waals surface area contributed by atoms with Gasteiger partial charge in [0.1, 0.15) is 0 Å². The summed E-state index contributed by atoms with van der Waals surface area (Å²) in [6.45, 7) is 2.91. The van der Waals surface area contributed by atoms with Crippen molar-refractivity contribution in [3.8, 4) is 11.1 Å². The molecule has 0 radical (unpaired) electrons. The van der Waals surface area contributed by atoms with Crippen molar-refractivity contribution in [3.63, 3.8) is 0 Å². The van der Waals surface area contributed by atoms with E-state index in [1.54, 1.807) is 30.3 Å². The highest BCUT2D eigenvalue weighted by atomic mass is 35.5. The molecule has 0 aliphatic carbocycles. The standard InChI is InChI=1S/C25H25ClN2O5/c1-15(27-14-23(29)17-5-2-6-19(26)10-17)13-28-20-7-3-4-16(11-20)21-9-8-18(24(30)31)12-22(21)25(32)33/h2-12,15,23,27-29H,13-14H2,1H3,(H,30,31)(H,32,33)/t15-,23+/m1/s1. The van der Waals surface area contributed by atoms with Crippen molar-refractivity contribution in [2.45, 2.75) is 19.1 Å². The van der Waals surface area contributed by atoms with Gasteiger partial charge in [-0.3, -0.25) is 0 Å². The topological polar surface area (TPSA) is 119 Å². The first-order chi connectivity index (χ1) is 15.7. The van der Waals surface area contributed by atoms with Crippen molar-refractivity contribution in [2.75, 3.05) is 18.4 Å². The quantitative estimate of drug-likeness (QED) is 0.296. The van der Waals surface area contributed by atoms with Gasteiger partial charge in [0.15, 0.2) is 0 Å². The molecule has 0 saturated heterocycles. The van der Waals surface area contributed by atoms with Gasteiger partial charge in [0.05, 0.1) is 17.2 Å². The van der Waals surface area contributed by atoms with E-state index in [-0.39, 0.29) is 17.2 Å². The summed E-state index contributed by atoms with van der Waals surface area (Å²) in [5.74, 6) is -2.37. The Kier molecular flexibility index (Phi) is 8.06. The molecule has 0 saturated carbocycles. The fourth-order valence-corrected chi connectivity index (χ4v) is 3.59. The molecule has 0 fully saturated rings. The molecule has 3 rings (SSSR count). The molecule has 33 heavy (non-hydrogen) atoms. The molecule has 0 heterocycles. The van der Waals surface area contributed by atoms with Crippen LogP contribution in [0.25, 0.3) is 11.1 Å². The fourth-order valence-electron chi connectivity index (χ4n) is 3.39. The van der Waals surface area contributed by atoms with Gasteiger partial charge in [-0.2, -0.15) is 0 Å². The summed E-state index contributed by atoms with van der Waals surface area (Å²) >= 11 is 5.97. The Morgan fingerprint density at radius 3 is 2.39 bits per heavy atom. The number of aliphatic hydroxyl groups excluding tert-OH is 1. The van der Waals surface area contributed by atoms with Crippen LogP contribution in [0, 0.1) is 0 Å². The Balaban J connectivity index is 1.63. The summed E-state index contributed by atoms with van der Waals surface area (Å²) in [6.07, 6.45) is -0.683. The normalized spacial score (nSPS) is 12.7. The lowest BCUT2D eigenvalue weighted by atomic mass is 9.97. The predicted octanol–water partition coefficient (Wildman–Crippen LogP) is 4.53. The second-order valence-electron chi connectivity index (χ2n) is 7.71. The number of hydrogen-bond donors (Lipinski definition) is 5. The zero-order valence-corrected chi connectivity index (χ0v) is 18.7. The molecule has 5 N–H and O–H groups in total. The first-order valence-corrected chi connectivity index (χ1v) is 10.7. The minimum Gasteiger partial charge on any atom is -0.478 e. The third-order valence-electron chi connectivity index (χ3n) is 5.18. The molecule has 8 heteroatoms. The largest absolute Gasteiger partial charge is 0.478 e. The van der Waals surface area contributed by atoms with Crippen molar-refractivity contribution in [1.82, 2.24) is 5.32 Å². The van der Waals surface area contributed by atoms with Crippen LogP contribution in [0.15, 0.2) is 66.7 Å². The van der Waals surface area contributed by atoms with Crippen molar-refractivity contribution in [1.29, 1.82) is 0 Å². The molecule has 0 aromatic heterocycles. The van der Waals surface area contributed by atoms with Gasteiger partial charge >= 0.3 is 11.9 Å². The van der Waals surface area contributed by atoms with E-state index in [0.717, 1.165) is 17.3 Å². The molecule has 0 aliphatic rings. The van der Waals surface area contributed by atoms with Gasteiger partial charge in [0.2, 0.25) is 0 Å². The van der Waals surface area contributed by atoms with Crippen molar-refractivity contribution >= 4 is 29.2 Å². The van der Waals surface area contributed by atoms with E-state index in [9.17, 15) is 19.8 Å². The average Bonchev–Trinajstić information content (AvgIpc) is 2.80. The molecule has 0 bridgehead atoms. The maximum Gasteiger partial charge on any atom is 0.336 e. The van der Waals surface area contributed by atoms with Crippen LogP contribution in [0.3, 0.4) is 0 Å². The zero-order chi connectivity index (χ0) is 24.0. The third kappa shape index (κ3) is 6.55. The maximum atomic E-state index is 11.7. The number of benzene rings is 3. The number of carboxylic acids is 2. The predicted molar refractivity (Wildman–Crippen MR) is 128 cm³/mol. The number of nitrogens with one attached hydrogen (secondary N) is 2. The molecular weight excluding hydrogens is 444 g/mol. The number of anilines is 1. The summed E-state index contributed by atoms with van der Waals surface area (Å²) in [4.78, 5) is 22.9. The van der Waals surface area contributed by atoms with Crippen LogP contribution in [-0.2, 0) is 0 Å². The van der Waals surface area contributed by atoms with Crippen molar-refractivity contribution in [2.24, 2.45) is 0 Å². The minimum atomic E-state index is -1.19. The number of aromatic carboxylic acids is 2. The van der Waals surface area contributed by atoms with Crippen molar-refractivity contribution < 1.29 is 24.9 Å². The highest BCUT2D eigenvalue weighted by molar-refractivity contribution is 6.30. The number of carbonyl (C=O) groups is 2. The third-order valence-corrected chi connectivity index (χ3v) is 5.41. The summed E-state index contributed by atoms with van der Waals surface area (Å²) in [5.41, 5.74) is 2.47. The molecule has 0 unspecified atom stereocenters. The van der Waals surface area contributed by atoms with Crippen LogP contribution in [0.2, 0.25) is 5.02 Å². The van der Waals surface area contributed by atoms with E-state index in [0.29, 0.717) is 29.2 Å². The first kappa shape index (κ1) is 24.3. The molecule has 7 nitrogen and oxygen atoms in total. The van der Waals surface area contributed by atoms with E-state index in [2.05, 4.69) is 10.6 Å². The van der Waals surface area contributed by atoms with Crippen LogP contribution < -0.4 is 10.6 Å². The number of hydrogen-bond acceptors (Lipinski definition) is 5. The van der Waals surface area contributed by atoms with Crippen LogP contribution in [0.5, 0.6) is 0 Å². The Hall–Kier alpha value is -3.39. The van der Waals surface area contributed by atoms with Crippen molar-refractivity contribution in [3.05, 3.63) is 88.4 Å². The van der Waals surface area contributed by atoms with E-state index >= 15 is 0 Å². The molecule has 3 aromatic rings. The van der Waals surface area contributed by atoms with Crippen LogP contribution in [-0.4, -0.2) is 46.4 Å². The number of carboxylic acid groups (broad SMARTS) is 2. The number of aliphatic hydroxyl groups is 1. The lowest BCUT2D eigenvalue weighted by Gasteiger charge is -2.19. The summed E-state index contributed by atoms with van der Waals surface area (Å²) in [7, 11) is 0. The number of halogens is 1.